The van der Waals surface area contributed by atoms with Gasteiger partial charge in [0.2, 0.25) is 0 Å². The summed E-state index contributed by atoms with van der Waals surface area (Å²) in [6.07, 6.45) is -0.803. The van der Waals surface area contributed by atoms with Crippen molar-refractivity contribution in [3.63, 3.8) is 0 Å². The Balaban J connectivity index is 2.40. The van der Waals surface area contributed by atoms with E-state index in [0.29, 0.717) is 6.54 Å². The second-order valence-corrected chi connectivity index (χ2v) is 4.30. The summed E-state index contributed by atoms with van der Waals surface area (Å²) in [5.41, 5.74) is -0.124. The van der Waals surface area contributed by atoms with Crippen LogP contribution in [-0.4, -0.2) is 36.4 Å². The van der Waals surface area contributed by atoms with E-state index in [4.69, 9.17) is 4.74 Å². The predicted octanol–water partition coefficient (Wildman–Crippen LogP) is 1.34. The minimum absolute atomic E-state index is 0.124. The van der Waals surface area contributed by atoms with E-state index in [9.17, 15) is 14.3 Å². The lowest BCUT2D eigenvalue weighted by Gasteiger charge is -2.14. The van der Waals surface area contributed by atoms with Gasteiger partial charge in [-0.1, -0.05) is 26.0 Å². The van der Waals surface area contributed by atoms with Gasteiger partial charge >= 0.3 is 5.97 Å². The highest BCUT2D eigenvalue weighted by atomic mass is 19.1. The van der Waals surface area contributed by atoms with Crippen molar-refractivity contribution < 1.29 is 19.0 Å². The fourth-order valence-corrected chi connectivity index (χ4v) is 1.31. The molecule has 0 saturated heterocycles. The summed E-state index contributed by atoms with van der Waals surface area (Å²) in [6, 6.07) is 5.81. The maximum atomic E-state index is 13.2. The van der Waals surface area contributed by atoms with Crippen molar-refractivity contribution in [1.29, 1.82) is 0 Å². The lowest BCUT2D eigenvalue weighted by Crippen LogP contribution is -2.35. The maximum Gasteiger partial charge on any atom is 0.341 e. The van der Waals surface area contributed by atoms with Crippen LogP contribution in [0.2, 0.25) is 0 Å². The summed E-state index contributed by atoms with van der Waals surface area (Å²) in [4.78, 5) is 11.5. The first-order chi connectivity index (χ1) is 8.50. The molecule has 18 heavy (non-hydrogen) atoms. The van der Waals surface area contributed by atoms with Gasteiger partial charge in [0.1, 0.15) is 18.5 Å². The minimum Gasteiger partial charge on any atom is -0.459 e. The van der Waals surface area contributed by atoms with Crippen LogP contribution >= 0.6 is 0 Å². The van der Waals surface area contributed by atoms with Gasteiger partial charge in [-0.2, -0.15) is 0 Å². The average Bonchev–Trinajstić information content (AvgIpc) is 2.34. The topological polar surface area (TPSA) is 58.6 Å². The van der Waals surface area contributed by atoms with Crippen LogP contribution < -0.4 is 5.32 Å². The number of nitrogens with one attached hydrogen (secondary N) is 1. The molecule has 4 nitrogen and oxygen atoms in total. The normalized spacial score (nSPS) is 12.5. The first-order valence-corrected chi connectivity index (χ1v) is 5.83. The van der Waals surface area contributed by atoms with Crippen molar-refractivity contribution in [3.8, 4) is 0 Å². The standard InChI is InChI=1S/C13H18FNO3/c1-9(2)15-7-10(16)8-18-13(17)11-5-3-4-6-12(11)14/h3-6,9-10,15-16H,7-8H2,1-2H3/t10-/m1/s1. The molecular formula is C13H18FNO3. The summed E-state index contributed by atoms with van der Waals surface area (Å²) >= 11 is 0. The maximum absolute atomic E-state index is 13.2. The molecule has 100 valence electrons. The van der Waals surface area contributed by atoms with E-state index >= 15 is 0 Å². The number of rotatable bonds is 6. The second-order valence-electron chi connectivity index (χ2n) is 4.30. The van der Waals surface area contributed by atoms with Gasteiger partial charge < -0.3 is 15.2 Å². The predicted molar refractivity (Wildman–Crippen MR) is 65.8 cm³/mol. The smallest absolute Gasteiger partial charge is 0.341 e. The van der Waals surface area contributed by atoms with Crippen LogP contribution in [0.1, 0.15) is 24.2 Å². The molecule has 0 aromatic heterocycles. The highest BCUT2D eigenvalue weighted by molar-refractivity contribution is 5.89. The second kappa shape index (κ2) is 7.08. The monoisotopic (exact) mass is 255 g/mol. The molecular weight excluding hydrogens is 237 g/mol. The molecule has 0 unspecified atom stereocenters. The summed E-state index contributed by atoms with van der Waals surface area (Å²) < 4.78 is 18.1. The van der Waals surface area contributed by atoms with Gasteiger partial charge in [0.25, 0.3) is 0 Å². The third kappa shape index (κ3) is 4.81. The highest BCUT2D eigenvalue weighted by Crippen LogP contribution is 2.07. The summed E-state index contributed by atoms with van der Waals surface area (Å²) in [7, 11) is 0. The molecule has 0 spiro atoms. The first-order valence-electron chi connectivity index (χ1n) is 5.83. The number of aliphatic hydroxyl groups is 1. The lowest BCUT2D eigenvalue weighted by molar-refractivity contribution is 0.0251. The van der Waals surface area contributed by atoms with Gasteiger partial charge in [0.15, 0.2) is 0 Å². The van der Waals surface area contributed by atoms with E-state index in [1.165, 1.54) is 18.2 Å². The number of carbonyl (C=O) groups excluding carboxylic acids is 1. The van der Waals surface area contributed by atoms with Gasteiger partial charge in [-0.15, -0.1) is 0 Å². The molecule has 0 aliphatic heterocycles. The van der Waals surface area contributed by atoms with Gasteiger partial charge in [0, 0.05) is 12.6 Å². The Kier molecular flexibility index (Phi) is 5.74. The molecule has 0 heterocycles. The number of esters is 1. The van der Waals surface area contributed by atoms with Crippen molar-refractivity contribution in [2.45, 2.75) is 26.0 Å². The van der Waals surface area contributed by atoms with E-state index in [-0.39, 0.29) is 18.2 Å². The minimum atomic E-state index is -0.803. The molecule has 0 bridgehead atoms. The van der Waals surface area contributed by atoms with Crippen molar-refractivity contribution in [2.75, 3.05) is 13.2 Å². The van der Waals surface area contributed by atoms with Crippen LogP contribution in [0.25, 0.3) is 0 Å². The number of aliphatic hydroxyl groups excluding tert-OH is 1. The van der Waals surface area contributed by atoms with Gasteiger partial charge in [-0.05, 0) is 12.1 Å². The average molecular weight is 255 g/mol. The van der Waals surface area contributed by atoms with E-state index < -0.39 is 17.9 Å². The van der Waals surface area contributed by atoms with Crippen molar-refractivity contribution in [1.82, 2.24) is 5.32 Å². The van der Waals surface area contributed by atoms with E-state index in [1.807, 2.05) is 13.8 Å². The number of benzene rings is 1. The van der Waals surface area contributed by atoms with Crippen LogP contribution in [0.3, 0.4) is 0 Å². The SMILES string of the molecule is CC(C)NC[C@@H](O)COC(=O)c1ccccc1F. The molecule has 1 aromatic carbocycles. The summed E-state index contributed by atoms with van der Waals surface area (Å²) in [6.45, 7) is 4.05. The Morgan fingerprint density at radius 3 is 2.72 bits per heavy atom. The van der Waals surface area contributed by atoms with Crippen LogP contribution in [0.15, 0.2) is 24.3 Å². The van der Waals surface area contributed by atoms with Gasteiger partial charge in [-0.3, -0.25) is 0 Å². The summed E-state index contributed by atoms with van der Waals surface area (Å²) in [5, 5.41) is 12.5. The molecule has 0 aliphatic carbocycles. The Bertz CT molecular complexity index is 396. The fraction of sp³-hybridized carbons (Fsp3) is 0.462. The molecule has 0 fully saturated rings. The molecule has 1 atom stereocenters. The number of ether oxygens (including phenoxy) is 1. The number of halogens is 1. The zero-order valence-electron chi connectivity index (χ0n) is 10.5. The van der Waals surface area contributed by atoms with Crippen LogP contribution in [0, 0.1) is 5.82 Å². The fourth-order valence-electron chi connectivity index (χ4n) is 1.31. The molecule has 0 amide bonds. The number of hydrogen-bond donors (Lipinski definition) is 2. The lowest BCUT2D eigenvalue weighted by atomic mass is 10.2. The first kappa shape index (κ1) is 14.6. The van der Waals surface area contributed by atoms with Crippen molar-refractivity contribution >= 4 is 5.97 Å². The van der Waals surface area contributed by atoms with E-state index in [0.717, 1.165) is 0 Å². The van der Waals surface area contributed by atoms with E-state index in [1.54, 1.807) is 6.07 Å². The van der Waals surface area contributed by atoms with Crippen LogP contribution in [0.5, 0.6) is 0 Å². The molecule has 0 radical (unpaired) electrons. The van der Waals surface area contributed by atoms with Gasteiger partial charge in [0.05, 0.1) is 5.56 Å². The summed E-state index contributed by atoms with van der Waals surface area (Å²) in [5.74, 6) is -1.39. The molecule has 5 heteroatoms. The Labute approximate surface area is 106 Å². The quantitative estimate of drug-likeness (QED) is 0.753. The third-order valence-corrected chi connectivity index (χ3v) is 2.26. The molecule has 1 aromatic rings. The largest absolute Gasteiger partial charge is 0.459 e. The van der Waals surface area contributed by atoms with Crippen LogP contribution in [0.4, 0.5) is 4.39 Å². The van der Waals surface area contributed by atoms with Crippen molar-refractivity contribution in [2.24, 2.45) is 0 Å². The Morgan fingerprint density at radius 1 is 1.44 bits per heavy atom. The number of hydrogen-bond acceptors (Lipinski definition) is 4. The van der Waals surface area contributed by atoms with Gasteiger partial charge in [-0.25, -0.2) is 9.18 Å². The van der Waals surface area contributed by atoms with E-state index in [2.05, 4.69) is 5.32 Å². The zero-order valence-corrected chi connectivity index (χ0v) is 10.5. The third-order valence-electron chi connectivity index (χ3n) is 2.26. The molecule has 0 aliphatic rings. The molecule has 1 rings (SSSR count). The Morgan fingerprint density at radius 2 is 2.11 bits per heavy atom. The van der Waals surface area contributed by atoms with Crippen LogP contribution in [-0.2, 0) is 4.74 Å². The highest BCUT2D eigenvalue weighted by Gasteiger charge is 2.14. The molecule has 2 N–H and O–H groups in total. The molecule has 0 saturated carbocycles. The number of carbonyl (C=O) groups is 1. The van der Waals surface area contributed by atoms with Crippen molar-refractivity contribution in [3.05, 3.63) is 35.6 Å². The zero-order chi connectivity index (χ0) is 13.5. The Hall–Kier alpha value is -1.46.